The Kier molecular flexibility index (Phi) is 7.22. The molecule has 1 fully saturated rings. The second kappa shape index (κ2) is 10.9. The molecule has 7 nitrogen and oxygen atoms in total. The number of hydrogen-bond acceptors (Lipinski definition) is 4. The zero-order valence-electron chi connectivity index (χ0n) is 21.1. The number of anilines is 1. The number of nitrogens with zero attached hydrogens (tertiary/aromatic N) is 2. The van der Waals surface area contributed by atoms with E-state index in [0.29, 0.717) is 22.5 Å². The average molecular weight is 513 g/mol. The minimum atomic E-state index is -0.397. The molecule has 5 rings (SSSR count). The Bertz CT molecular complexity index is 1460. The number of aromatic hydroxyl groups is 1. The molecule has 38 heavy (non-hydrogen) atoms. The Morgan fingerprint density at radius 2 is 1.71 bits per heavy atom. The van der Waals surface area contributed by atoms with Crippen LogP contribution in [0.2, 0.25) is 0 Å². The fraction of sp³-hybridized carbons (Fsp3) is 0.233. The van der Waals surface area contributed by atoms with Gasteiger partial charge in [0.15, 0.2) is 0 Å². The van der Waals surface area contributed by atoms with E-state index in [2.05, 4.69) is 15.7 Å². The predicted octanol–water partition coefficient (Wildman–Crippen LogP) is 6.37. The van der Waals surface area contributed by atoms with Crippen molar-refractivity contribution < 1.29 is 19.1 Å². The Labute approximate surface area is 220 Å². The molecule has 4 aromatic rings. The van der Waals surface area contributed by atoms with Crippen LogP contribution >= 0.6 is 0 Å². The van der Waals surface area contributed by atoms with Crippen molar-refractivity contribution >= 4 is 17.6 Å². The van der Waals surface area contributed by atoms with Gasteiger partial charge in [-0.25, -0.2) is 9.18 Å². The molecule has 0 atom stereocenters. The van der Waals surface area contributed by atoms with Gasteiger partial charge in [-0.1, -0.05) is 42.7 Å². The zero-order valence-corrected chi connectivity index (χ0v) is 21.1. The molecule has 194 valence electrons. The third kappa shape index (κ3) is 5.59. The molecule has 2 amide bonds. The molecule has 3 N–H and O–H groups in total. The van der Waals surface area contributed by atoms with Crippen molar-refractivity contribution in [2.24, 2.45) is 0 Å². The van der Waals surface area contributed by atoms with Crippen molar-refractivity contribution in [2.45, 2.75) is 45.1 Å². The predicted molar refractivity (Wildman–Crippen MR) is 144 cm³/mol. The van der Waals surface area contributed by atoms with Crippen LogP contribution in [-0.4, -0.2) is 26.8 Å². The minimum Gasteiger partial charge on any atom is -0.507 e. The Morgan fingerprint density at radius 1 is 1.00 bits per heavy atom. The van der Waals surface area contributed by atoms with E-state index in [-0.39, 0.29) is 29.9 Å². The summed E-state index contributed by atoms with van der Waals surface area (Å²) < 4.78 is 14.6. The number of halogens is 1. The third-order valence-corrected chi connectivity index (χ3v) is 6.90. The van der Waals surface area contributed by atoms with Gasteiger partial charge in [0.05, 0.1) is 11.4 Å². The normalized spacial score (nSPS) is 13.4. The molecule has 1 heterocycles. The van der Waals surface area contributed by atoms with Gasteiger partial charge in [0.2, 0.25) is 0 Å². The topological polar surface area (TPSA) is 96.2 Å². The molecule has 8 heteroatoms. The number of amides is 2. The summed E-state index contributed by atoms with van der Waals surface area (Å²) in [6.45, 7) is 2.18. The molecule has 1 aliphatic carbocycles. The van der Waals surface area contributed by atoms with Crippen molar-refractivity contribution in [1.82, 2.24) is 15.1 Å². The van der Waals surface area contributed by atoms with Crippen LogP contribution < -0.4 is 10.6 Å². The number of carbonyl (C=O) groups excluding carboxylic acids is 2. The van der Waals surface area contributed by atoms with Crippen molar-refractivity contribution in [3.05, 3.63) is 101 Å². The van der Waals surface area contributed by atoms with Crippen LogP contribution in [0.25, 0.3) is 11.3 Å². The first-order chi connectivity index (χ1) is 18.4. The molecular formula is C30H29FN4O3. The second-order valence-corrected chi connectivity index (χ2v) is 9.68. The lowest BCUT2D eigenvalue weighted by Gasteiger charge is -2.12. The molecule has 3 aromatic carbocycles. The number of phenolic OH excluding ortho intramolecular Hbond substituents is 1. The van der Waals surface area contributed by atoms with E-state index >= 15 is 0 Å². The highest BCUT2D eigenvalue weighted by atomic mass is 19.1. The number of hydrogen-bond donors (Lipinski definition) is 3. The van der Waals surface area contributed by atoms with Crippen LogP contribution in [0.5, 0.6) is 5.75 Å². The number of carbonyl (C=O) groups is 2. The fourth-order valence-electron chi connectivity index (χ4n) is 4.78. The molecule has 0 saturated heterocycles. The van der Waals surface area contributed by atoms with Gasteiger partial charge < -0.3 is 15.7 Å². The number of phenols is 1. The van der Waals surface area contributed by atoms with E-state index in [4.69, 9.17) is 0 Å². The van der Waals surface area contributed by atoms with Gasteiger partial charge in [-0.3, -0.25) is 4.79 Å². The molecule has 1 saturated carbocycles. The van der Waals surface area contributed by atoms with Crippen LogP contribution in [0.15, 0.2) is 72.8 Å². The molecular weight excluding hydrogens is 483 g/mol. The lowest BCUT2D eigenvalue weighted by molar-refractivity contribution is 0.102. The lowest BCUT2D eigenvalue weighted by Crippen LogP contribution is -2.30. The highest BCUT2D eigenvalue weighted by Crippen LogP contribution is 2.38. The monoisotopic (exact) mass is 512 g/mol. The largest absolute Gasteiger partial charge is 0.507 e. The van der Waals surface area contributed by atoms with E-state index < -0.39 is 6.03 Å². The zero-order chi connectivity index (χ0) is 26.6. The number of aromatic nitrogens is 2. The highest BCUT2D eigenvalue weighted by Gasteiger charge is 2.26. The summed E-state index contributed by atoms with van der Waals surface area (Å²) >= 11 is 0. The fourth-order valence-corrected chi connectivity index (χ4v) is 4.78. The summed E-state index contributed by atoms with van der Waals surface area (Å²) in [6.07, 6.45) is 4.06. The highest BCUT2D eigenvalue weighted by molar-refractivity contribution is 6.04. The van der Waals surface area contributed by atoms with Crippen molar-refractivity contribution in [3.8, 4) is 17.0 Å². The van der Waals surface area contributed by atoms with Crippen LogP contribution in [-0.2, 0) is 6.54 Å². The van der Waals surface area contributed by atoms with E-state index in [0.717, 1.165) is 42.5 Å². The van der Waals surface area contributed by atoms with E-state index in [1.54, 1.807) is 36.4 Å². The maximum absolute atomic E-state index is 13.2. The molecule has 1 aromatic heterocycles. The number of benzene rings is 3. The Hall–Kier alpha value is -4.46. The molecule has 0 unspecified atom stereocenters. The third-order valence-electron chi connectivity index (χ3n) is 6.90. The van der Waals surface area contributed by atoms with E-state index in [1.807, 2.05) is 25.1 Å². The molecule has 0 spiro atoms. The maximum atomic E-state index is 13.2. The molecule has 0 radical (unpaired) electrons. The number of rotatable bonds is 6. The van der Waals surface area contributed by atoms with Gasteiger partial charge >= 0.3 is 6.03 Å². The minimum absolute atomic E-state index is 0.00678. The quantitative estimate of drug-likeness (QED) is 0.262. The van der Waals surface area contributed by atoms with E-state index in [9.17, 15) is 19.1 Å². The summed E-state index contributed by atoms with van der Waals surface area (Å²) in [5, 5.41) is 21.0. The van der Waals surface area contributed by atoms with Gasteiger partial charge in [0.1, 0.15) is 11.6 Å². The summed E-state index contributed by atoms with van der Waals surface area (Å²) in [5.74, 6) is -0.427. The summed E-state index contributed by atoms with van der Waals surface area (Å²) in [4.78, 5) is 25.9. The van der Waals surface area contributed by atoms with Crippen molar-refractivity contribution in [3.63, 3.8) is 0 Å². The van der Waals surface area contributed by atoms with Crippen LogP contribution in [0.4, 0.5) is 14.9 Å². The summed E-state index contributed by atoms with van der Waals surface area (Å²) in [7, 11) is 0. The van der Waals surface area contributed by atoms with Crippen molar-refractivity contribution in [1.29, 1.82) is 0 Å². The SMILES string of the molecule is Cc1ccc(C(=O)Nc2ccc(O)c(-c3cc(C4CCCC4)n(C(=O)NCc4ccc(F)cc4)n3)c2)cc1. The maximum Gasteiger partial charge on any atom is 0.342 e. The number of nitrogens with one attached hydrogen (secondary N) is 2. The van der Waals surface area contributed by atoms with E-state index in [1.165, 1.54) is 22.9 Å². The first-order valence-electron chi connectivity index (χ1n) is 12.7. The Balaban J connectivity index is 1.41. The number of aryl methyl sites for hydroxylation is 1. The van der Waals surface area contributed by atoms with Gasteiger partial charge in [-0.05, 0) is 73.9 Å². The Morgan fingerprint density at radius 3 is 2.42 bits per heavy atom. The first kappa shape index (κ1) is 25.2. The average Bonchev–Trinajstić information content (AvgIpc) is 3.60. The second-order valence-electron chi connectivity index (χ2n) is 9.68. The summed E-state index contributed by atoms with van der Waals surface area (Å²) in [5.41, 5.74) is 4.48. The molecule has 0 bridgehead atoms. The van der Waals surface area contributed by atoms with Gasteiger partial charge in [0.25, 0.3) is 5.91 Å². The lowest BCUT2D eigenvalue weighted by atomic mass is 10.0. The standard InChI is InChI=1S/C30H29FN4O3/c1-19-6-10-22(11-7-19)29(37)33-24-14-15-28(36)25(16-24)26-17-27(21-4-2-3-5-21)35(34-26)30(38)32-18-20-8-12-23(31)13-9-20/h6-17,21,36H,2-5,18H2,1H3,(H,32,38)(H,33,37). The smallest absolute Gasteiger partial charge is 0.342 e. The van der Waals surface area contributed by atoms with Crippen LogP contribution in [0.1, 0.15) is 58.8 Å². The molecule has 1 aliphatic rings. The first-order valence-corrected chi connectivity index (χ1v) is 12.7. The molecule has 0 aliphatic heterocycles. The van der Waals surface area contributed by atoms with Crippen molar-refractivity contribution in [2.75, 3.05) is 5.32 Å². The van der Waals surface area contributed by atoms with Crippen LogP contribution in [0, 0.1) is 12.7 Å². The van der Waals surface area contributed by atoms with Crippen LogP contribution in [0.3, 0.4) is 0 Å². The van der Waals surface area contributed by atoms with Gasteiger partial charge in [-0.15, -0.1) is 0 Å². The van der Waals surface area contributed by atoms with Gasteiger partial charge in [-0.2, -0.15) is 9.78 Å². The summed E-state index contributed by atoms with van der Waals surface area (Å²) in [6, 6.07) is 19.4. The van der Waals surface area contributed by atoms with Gasteiger partial charge in [0, 0.05) is 29.3 Å².